The third-order valence-electron chi connectivity index (χ3n) is 4.80. The maximum atomic E-state index is 12.7. The first-order chi connectivity index (χ1) is 12.3. The van der Waals surface area contributed by atoms with Crippen molar-refractivity contribution < 1.29 is 5.11 Å². The van der Waals surface area contributed by atoms with E-state index in [-0.39, 0.29) is 12.2 Å². The van der Waals surface area contributed by atoms with Gasteiger partial charge in [0.15, 0.2) is 5.65 Å². The number of hydrogen-bond acceptors (Lipinski definition) is 5. The van der Waals surface area contributed by atoms with E-state index < -0.39 is 0 Å². The third kappa shape index (κ3) is 3.02. The van der Waals surface area contributed by atoms with Crippen LogP contribution in [0.1, 0.15) is 6.42 Å². The summed E-state index contributed by atoms with van der Waals surface area (Å²) in [6, 6.07) is 10.4. The molecule has 7 nitrogen and oxygen atoms in total. The quantitative estimate of drug-likeness (QED) is 0.754. The van der Waals surface area contributed by atoms with Crippen LogP contribution in [0.15, 0.2) is 47.7 Å². The fourth-order valence-corrected chi connectivity index (χ4v) is 3.52. The molecule has 1 unspecified atom stereocenters. The molecule has 0 bridgehead atoms. The molecule has 25 heavy (non-hydrogen) atoms. The summed E-state index contributed by atoms with van der Waals surface area (Å²) in [5.74, 6) is 0.421. The van der Waals surface area contributed by atoms with Gasteiger partial charge in [0.1, 0.15) is 5.39 Å². The van der Waals surface area contributed by atoms with Crippen LogP contribution in [0, 0.1) is 5.92 Å². The Kier molecular flexibility index (Phi) is 4.23. The first-order valence-electron chi connectivity index (χ1n) is 8.58. The first-order valence-corrected chi connectivity index (χ1v) is 8.58. The lowest BCUT2D eigenvalue weighted by atomic mass is 10.1. The van der Waals surface area contributed by atoms with E-state index in [0.717, 1.165) is 19.5 Å². The maximum absolute atomic E-state index is 12.7. The lowest BCUT2D eigenvalue weighted by Gasteiger charge is -2.18. The summed E-state index contributed by atoms with van der Waals surface area (Å²) in [6.45, 7) is 2.93. The van der Waals surface area contributed by atoms with E-state index in [1.165, 1.54) is 5.69 Å². The highest BCUT2D eigenvalue weighted by atomic mass is 16.3. The monoisotopic (exact) mass is 339 g/mol. The summed E-state index contributed by atoms with van der Waals surface area (Å²) in [6.07, 6.45) is 4.20. The second-order valence-corrected chi connectivity index (χ2v) is 6.47. The molecule has 1 saturated heterocycles. The lowest BCUT2D eigenvalue weighted by molar-refractivity contribution is 0.271. The molecule has 4 rings (SSSR count). The Morgan fingerprint density at radius 2 is 2.08 bits per heavy atom. The number of benzene rings is 1. The highest BCUT2D eigenvalue weighted by Crippen LogP contribution is 2.24. The van der Waals surface area contributed by atoms with Crippen LogP contribution in [0.5, 0.6) is 0 Å². The number of nitrogens with zero attached hydrogens (tertiary/aromatic N) is 5. The van der Waals surface area contributed by atoms with Gasteiger partial charge in [0.2, 0.25) is 0 Å². The van der Waals surface area contributed by atoms with Gasteiger partial charge in [0.25, 0.3) is 5.56 Å². The Morgan fingerprint density at radius 3 is 2.88 bits per heavy atom. The van der Waals surface area contributed by atoms with Crippen molar-refractivity contribution in [1.29, 1.82) is 0 Å². The molecule has 0 radical (unpaired) electrons. The standard InChI is InChI=1S/C18H21N5O2/c24-9-8-23-17-16(10-20-23)18(25)22(13-19-17)12-14-6-7-21(11-14)15-4-2-1-3-5-15/h1-5,10,13-14,24H,6-9,11-12H2. The fourth-order valence-electron chi connectivity index (χ4n) is 3.52. The number of hydrogen-bond donors (Lipinski definition) is 1. The zero-order valence-corrected chi connectivity index (χ0v) is 14.0. The zero-order chi connectivity index (χ0) is 17.2. The zero-order valence-electron chi connectivity index (χ0n) is 14.0. The van der Waals surface area contributed by atoms with Crippen molar-refractivity contribution in [2.24, 2.45) is 5.92 Å². The summed E-state index contributed by atoms with van der Waals surface area (Å²) >= 11 is 0. The molecule has 1 aromatic carbocycles. The van der Waals surface area contributed by atoms with E-state index in [0.29, 0.717) is 30.0 Å². The van der Waals surface area contributed by atoms with Crippen LogP contribution in [0.25, 0.3) is 11.0 Å². The second-order valence-electron chi connectivity index (χ2n) is 6.47. The average Bonchev–Trinajstić information content (AvgIpc) is 3.26. The van der Waals surface area contributed by atoms with Gasteiger partial charge in [-0.1, -0.05) is 18.2 Å². The average molecular weight is 339 g/mol. The molecular weight excluding hydrogens is 318 g/mol. The van der Waals surface area contributed by atoms with Crippen LogP contribution in [0.2, 0.25) is 0 Å². The molecule has 0 spiro atoms. The fraction of sp³-hybridized carbons (Fsp3) is 0.389. The highest BCUT2D eigenvalue weighted by molar-refractivity contribution is 5.72. The number of rotatable bonds is 5. The van der Waals surface area contributed by atoms with Gasteiger partial charge in [-0.3, -0.25) is 9.36 Å². The van der Waals surface area contributed by atoms with Crippen LogP contribution in [-0.4, -0.2) is 44.1 Å². The van der Waals surface area contributed by atoms with E-state index in [4.69, 9.17) is 5.11 Å². The number of aromatic nitrogens is 4. The van der Waals surface area contributed by atoms with Gasteiger partial charge < -0.3 is 10.0 Å². The Balaban J connectivity index is 1.52. The highest BCUT2D eigenvalue weighted by Gasteiger charge is 2.23. The Bertz CT molecular complexity index is 918. The molecule has 0 amide bonds. The predicted octanol–water partition coefficient (Wildman–Crippen LogP) is 1.11. The molecule has 0 saturated carbocycles. The summed E-state index contributed by atoms with van der Waals surface area (Å²) in [5.41, 5.74) is 1.70. The normalized spacial score (nSPS) is 17.5. The van der Waals surface area contributed by atoms with Crippen LogP contribution in [-0.2, 0) is 13.1 Å². The van der Waals surface area contributed by atoms with Gasteiger partial charge in [-0.25, -0.2) is 9.67 Å². The Labute approximate surface area is 145 Å². The molecule has 130 valence electrons. The molecule has 3 aromatic rings. The van der Waals surface area contributed by atoms with Crippen LogP contribution in [0.4, 0.5) is 5.69 Å². The number of aliphatic hydroxyl groups excluding tert-OH is 1. The van der Waals surface area contributed by atoms with Crippen molar-refractivity contribution in [3.63, 3.8) is 0 Å². The molecule has 1 aliphatic heterocycles. The Morgan fingerprint density at radius 1 is 1.24 bits per heavy atom. The largest absolute Gasteiger partial charge is 0.394 e. The minimum Gasteiger partial charge on any atom is -0.394 e. The first kappa shape index (κ1) is 15.8. The van der Waals surface area contributed by atoms with Crippen molar-refractivity contribution in [3.05, 3.63) is 53.2 Å². The summed E-state index contributed by atoms with van der Waals surface area (Å²) in [7, 11) is 0. The third-order valence-corrected chi connectivity index (χ3v) is 4.80. The van der Waals surface area contributed by atoms with Gasteiger partial charge in [0.05, 0.1) is 25.7 Å². The molecule has 3 heterocycles. The number of fused-ring (bicyclic) bond motifs is 1. The molecule has 1 aliphatic rings. The van der Waals surface area contributed by atoms with E-state index in [9.17, 15) is 4.79 Å². The van der Waals surface area contributed by atoms with Crippen molar-refractivity contribution in [2.75, 3.05) is 24.6 Å². The van der Waals surface area contributed by atoms with Gasteiger partial charge >= 0.3 is 0 Å². The smallest absolute Gasteiger partial charge is 0.264 e. The molecule has 2 aromatic heterocycles. The van der Waals surface area contributed by atoms with Crippen molar-refractivity contribution in [1.82, 2.24) is 19.3 Å². The molecule has 1 N–H and O–H groups in total. The minimum absolute atomic E-state index is 0.0288. The summed E-state index contributed by atoms with van der Waals surface area (Å²) in [5, 5.41) is 13.7. The minimum atomic E-state index is -0.0626. The van der Waals surface area contributed by atoms with Crippen molar-refractivity contribution in [2.45, 2.75) is 19.5 Å². The summed E-state index contributed by atoms with van der Waals surface area (Å²) in [4.78, 5) is 19.4. The van der Waals surface area contributed by atoms with Gasteiger partial charge in [-0.2, -0.15) is 5.10 Å². The van der Waals surface area contributed by atoms with Crippen LogP contribution < -0.4 is 10.5 Å². The molecule has 0 aliphatic carbocycles. The lowest BCUT2D eigenvalue weighted by Crippen LogP contribution is -2.26. The van der Waals surface area contributed by atoms with E-state index in [2.05, 4.69) is 39.2 Å². The Hall–Kier alpha value is -2.67. The van der Waals surface area contributed by atoms with Gasteiger partial charge in [-0.05, 0) is 24.5 Å². The van der Waals surface area contributed by atoms with Crippen molar-refractivity contribution in [3.8, 4) is 0 Å². The summed E-state index contributed by atoms with van der Waals surface area (Å²) < 4.78 is 3.25. The van der Waals surface area contributed by atoms with Crippen LogP contribution in [0.3, 0.4) is 0 Å². The van der Waals surface area contributed by atoms with Crippen molar-refractivity contribution >= 4 is 16.7 Å². The number of para-hydroxylation sites is 1. The van der Waals surface area contributed by atoms with Gasteiger partial charge in [0, 0.05) is 25.3 Å². The molecule has 7 heteroatoms. The number of anilines is 1. The van der Waals surface area contributed by atoms with Crippen LogP contribution >= 0.6 is 0 Å². The van der Waals surface area contributed by atoms with Gasteiger partial charge in [-0.15, -0.1) is 0 Å². The SMILES string of the molecule is O=c1c2cnn(CCO)c2ncn1CC1CCN(c2ccccc2)C1. The predicted molar refractivity (Wildman–Crippen MR) is 95.6 cm³/mol. The van der Waals surface area contributed by atoms with E-state index in [1.54, 1.807) is 21.8 Å². The topological polar surface area (TPSA) is 76.2 Å². The second kappa shape index (κ2) is 6.68. The molecule has 1 fully saturated rings. The van der Waals surface area contributed by atoms with E-state index >= 15 is 0 Å². The molecular formula is C18H21N5O2. The maximum Gasteiger partial charge on any atom is 0.264 e. The number of aliphatic hydroxyl groups is 1. The van der Waals surface area contributed by atoms with E-state index in [1.807, 2.05) is 6.07 Å². The molecule has 1 atom stereocenters.